The van der Waals surface area contributed by atoms with E-state index in [9.17, 15) is 9.59 Å². The van der Waals surface area contributed by atoms with Gasteiger partial charge in [-0.3, -0.25) is 9.69 Å². The average Bonchev–Trinajstić information content (AvgIpc) is 2.84. The summed E-state index contributed by atoms with van der Waals surface area (Å²) in [5.74, 6) is 1.33. The molecule has 8 heteroatoms. The number of aromatic nitrogens is 1. The van der Waals surface area contributed by atoms with Crippen LogP contribution in [0.5, 0.6) is 5.75 Å². The van der Waals surface area contributed by atoms with Crippen molar-refractivity contribution in [2.24, 2.45) is 11.7 Å². The number of cyclic esters (lactones) is 1. The number of nitrogens with two attached hydrogens (primary N) is 1. The Hall–Kier alpha value is -2.35. The summed E-state index contributed by atoms with van der Waals surface area (Å²) in [6.07, 6.45) is 1.21. The van der Waals surface area contributed by atoms with Crippen LogP contribution in [0.3, 0.4) is 0 Å². The minimum absolute atomic E-state index is 0.0240. The van der Waals surface area contributed by atoms with Gasteiger partial charge in [-0.05, 0) is 25.0 Å². The molecular weight excluding hydrogens is 288 g/mol. The molecule has 8 nitrogen and oxygen atoms in total. The zero-order valence-corrected chi connectivity index (χ0v) is 11.8. The summed E-state index contributed by atoms with van der Waals surface area (Å²) < 4.78 is 10.7. The van der Waals surface area contributed by atoms with Gasteiger partial charge in [0.2, 0.25) is 0 Å². The van der Waals surface area contributed by atoms with E-state index in [4.69, 9.17) is 15.2 Å². The number of carbonyl (C=O) groups is 2. The summed E-state index contributed by atoms with van der Waals surface area (Å²) in [5, 5.41) is 2.63. The second-order valence-corrected chi connectivity index (χ2v) is 5.88. The molecule has 0 aromatic carbocycles. The quantitative estimate of drug-likeness (QED) is 0.822. The van der Waals surface area contributed by atoms with Crippen molar-refractivity contribution in [3.05, 3.63) is 12.1 Å². The maximum atomic E-state index is 12.1. The summed E-state index contributed by atoms with van der Waals surface area (Å²) in [6.45, 7) is 0.431. The predicted octanol–water partition coefficient (Wildman–Crippen LogP) is 0.475. The molecule has 1 atom stereocenters. The molecule has 1 aliphatic carbocycles. The first-order valence-corrected chi connectivity index (χ1v) is 7.27. The molecule has 0 spiro atoms. The fraction of sp³-hybridized carbons (Fsp3) is 0.500. The van der Waals surface area contributed by atoms with Gasteiger partial charge < -0.3 is 20.5 Å². The molecule has 1 saturated carbocycles. The lowest BCUT2D eigenvalue weighted by molar-refractivity contribution is -0.118. The molecule has 2 aliphatic heterocycles. The molecule has 0 bridgehead atoms. The largest absolute Gasteiger partial charge is 0.480 e. The molecule has 3 heterocycles. The van der Waals surface area contributed by atoms with E-state index in [1.54, 1.807) is 12.1 Å². The van der Waals surface area contributed by atoms with E-state index in [0.29, 0.717) is 29.8 Å². The Morgan fingerprint density at radius 1 is 1.32 bits per heavy atom. The molecule has 1 aromatic heterocycles. The fourth-order valence-electron chi connectivity index (χ4n) is 3.03. The first-order chi connectivity index (χ1) is 10.6. The monoisotopic (exact) mass is 304 g/mol. The molecule has 3 aliphatic rings. The standard InChI is InChI=1S/C14H16N4O4/c15-8-3-7(4-8)10-5-18(14(20)22-10)11-2-1-9-13(16-11)17-12(19)6-21-9/h1-2,7-8,10H,3-6,15H2,(H,16,17,19)/t7-,8+,10?. The number of carbonyl (C=O) groups excluding carboxylic acids is 2. The maximum Gasteiger partial charge on any atom is 0.415 e. The Bertz CT molecular complexity index is 644. The van der Waals surface area contributed by atoms with Crippen molar-refractivity contribution in [3.63, 3.8) is 0 Å². The zero-order valence-electron chi connectivity index (χ0n) is 11.8. The van der Waals surface area contributed by atoms with Crippen LogP contribution in [-0.4, -0.2) is 42.3 Å². The van der Waals surface area contributed by atoms with Crippen LogP contribution in [0.2, 0.25) is 0 Å². The van der Waals surface area contributed by atoms with Gasteiger partial charge in [0.05, 0.1) is 6.54 Å². The molecule has 2 fully saturated rings. The Labute approximate surface area is 126 Å². The number of amides is 2. The molecule has 3 N–H and O–H groups in total. The molecule has 1 aromatic rings. The molecule has 116 valence electrons. The molecule has 1 unspecified atom stereocenters. The van der Waals surface area contributed by atoms with Crippen LogP contribution in [0, 0.1) is 5.92 Å². The number of pyridine rings is 1. The van der Waals surface area contributed by atoms with Gasteiger partial charge >= 0.3 is 6.09 Å². The van der Waals surface area contributed by atoms with Crippen LogP contribution < -0.4 is 20.7 Å². The topological polar surface area (TPSA) is 107 Å². The van der Waals surface area contributed by atoms with Crippen molar-refractivity contribution in [2.75, 3.05) is 23.4 Å². The van der Waals surface area contributed by atoms with Gasteiger partial charge in [-0.1, -0.05) is 0 Å². The van der Waals surface area contributed by atoms with E-state index in [1.807, 2.05) is 0 Å². The van der Waals surface area contributed by atoms with Crippen molar-refractivity contribution < 1.29 is 19.1 Å². The van der Waals surface area contributed by atoms with Crippen molar-refractivity contribution in [1.82, 2.24) is 4.98 Å². The Balaban J connectivity index is 1.53. The fourth-order valence-corrected chi connectivity index (χ4v) is 3.03. The maximum absolute atomic E-state index is 12.1. The number of fused-ring (bicyclic) bond motifs is 1. The predicted molar refractivity (Wildman–Crippen MR) is 76.7 cm³/mol. The molecule has 1 saturated heterocycles. The van der Waals surface area contributed by atoms with E-state index in [-0.39, 0.29) is 24.7 Å². The smallest absolute Gasteiger partial charge is 0.415 e. The summed E-state index contributed by atoms with van der Waals surface area (Å²) in [5.41, 5.74) is 5.79. The normalized spacial score (nSPS) is 30.0. The van der Waals surface area contributed by atoms with Gasteiger partial charge in [0, 0.05) is 12.0 Å². The summed E-state index contributed by atoms with van der Waals surface area (Å²) >= 11 is 0. The highest BCUT2D eigenvalue weighted by atomic mass is 16.6. The summed E-state index contributed by atoms with van der Waals surface area (Å²) in [4.78, 5) is 29.2. The third-order valence-corrected chi connectivity index (χ3v) is 4.31. The third-order valence-electron chi connectivity index (χ3n) is 4.31. The Kier molecular flexibility index (Phi) is 2.93. The number of nitrogens with one attached hydrogen (secondary N) is 1. The number of hydrogen-bond donors (Lipinski definition) is 2. The van der Waals surface area contributed by atoms with Gasteiger partial charge in [-0.25, -0.2) is 9.78 Å². The van der Waals surface area contributed by atoms with Crippen molar-refractivity contribution in [3.8, 4) is 5.75 Å². The van der Waals surface area contributed by atoms with Crippen molar-refractivity contribution >= 4 is 23.6 Å². The second-order valence-electron chi connectivity index (χ2n) is 5.88. The first-order valence-electron chi connectivity index (χ1n) is 7.27. The number of anilines is 2. The summed E-state index contributed by atoms with van der Waals surface area (Å²) in [7, 11) is 0. The minimum Gasteiger partial charge on any atom is -0.480 e. The van der Waals surface area contributed by atoms with Gasteiger partial charge in [0.1, 0.15) is 11.9 Å². The summed E-state index contributed by atoms with van der Waals surface area (Å²) in [6, 6.07) is 3.59. The number of hydrogen-bond acceptors (Lipinski definition) is 6. The van der Waals surface area contributed by atoms with Crippen LogP contribution in [0.15, 0.2) is 12.1 Å². The van der Waals surface area contributed by atoms with E-state index >= 15 is 0 Å². The van der Waals surface area contributed by atoms with Crippen LogP contribution in [0.25, 0.3) is 0 Å². The molecule has 4 rings (SSSR count). The first kappa shape index (κ1) is 13.3. The molecule has 2 amide bonds. The van der Waals surface area contributed by atoms with E-state index < -0.39 is 6.09 Å². The number of rotatable bonds is 2. The highest BCUT2D eigenvalue weighted by molar-refractivity contribution is 5.95. The SMILES string of the molecule is N[C@H]1C[C@@H](C2CN(c3ccc4c(n3)NC(=O)CO4)C(=O)O2)C1. The minimum atomic E-state index is -0.416. The Morgan fingerprint density at radius 3 is 2.91 bits per heavy atom. The second kappa shape index (κ2) is 4.84. The van der Waals surface area contributed by atoms with E-state index in [2.05, 4.69) is 10.3 Å². The zero-order chi connectivity index (χ0) is 15.3. The van der Waals surface area contributed by atoms with Crippen LogP contribution in [-0.2, 0) is 9.53 Å². The van der Waals surface area contributed by atoms with Crippen molar-refractivity contribution in [1.29, 1.82) is 0 Å². The lowest BCUT2D eigenvalue weighted by Crippen LogP contribution is -2.43. The van der Waals surface area contributed by atoms with Gasteiger partial charge in [-0.2, -0.15) is 0 Å². The number of nitrogens with zero attached hydrogens (tertiary/aromatic N) is 2. The lowest BCUT2D eigenvalue weighted by atomic mass is 9.77. The van der Waals surface area contributed by atoms with Crippen LogP contribution in [0.1, 0.15) is 12.8 Å². The highest BCUT2D eigenvalue weighted by Crippen LogP contribution is 2.36. The van der Waals surface area contributed by atoms with E-state index in [0.717, 1.165) is 12.8 Å². The van der Waals surface area contributed by atoms with Crippen molar-refractivity contribution in [2.45, 2.75) is 25.0 Å². The van der Waals surface area contributed by atoms with E-state index in [1.165, 1.54) is 4.90 Å². The molecular formula is C14H16N4O4. The van der Waals surface area contributed by atoms with Crippen LogP contribution >= 0.6 is 0 Å². The average molecular weight is 304 g/mol. The van der Waals surface area contributed by atoms with Gasteiger partial charge in [-0.15, -0.1) is 0 Å². The van der Waals surface area contributed by atoms with Gasteiger partial charge in [0.15, 0.2) is 18.2 Å². The third kappa shape index (κ3) is 2.16. The Morgan fingerprint density at radius 2 is 2.14 bits per heavy atom. The van der Waals surface area contributed by atoms with Gasteiger partial charge in [0.25, 0.3) is 5.91 Å². The highest BCUT2D eigenvalue weighted by Gasteiger charge is 2.42. The number of ether oxygens (including phenoxy) is 2. The lowest BCUT2D eigenvalue weighted by Gasteiger charge is -2.35. The molecule has 22 heavy (non-hydrogen) atoms. The molecule has 0 radical (unpaired) electrons. The van der Waals surface area contributed by atoms with Crippen LogP contribution in [0.4, 0.5) is 16.4 Å².